The van der Waals surface area contributed by atoms with E-state index in [1.54, 1.807) is 29.2 Å². The van der Waals surface area contributed by atoms with Crippen molar-refractivity contribution in [3.8, 4) is 5.75 Å². The Balaban J connectivity index is 1.32. The van der Waals surface area contributed by atoms with Crippen LogP contribution in [0.5, 0.6) is 5.75 Å². The van der Waals surface area contributed by atoms with Crippen LogP contribution in [0.1, 0.15) is 66.8 Å². The maximum atomic E-state index is 14.3. The highest BCUT2D eigenvalue weighted by Crippen LogP contribution is 2.32. The van der Waals surface area contributed by atoms with Gasteiger partial charge in [0.1, 0.15) is 23.5 Å². The minimum Gasteiger partial charge on any atom is -0.484 e. The Morgan fingerprint density at radius 1 is 0.943 bits per heavy atom. The average molecular weight is 728 g/mol. The lowest BCUT2D eigenvalue weighted by Gasteiger charge is -2.30. The van der Waals surface area contributed by atoms with Crippen LogP contribution in [0.25, 0.3) is 0 Å². The first kappa shape index (κ1) is 37.5. The van der Waals surface area contributed by atoms with Crippen molar-refractivity contribution < 1.29 is 33.8 Å². The van der Waals surface area contributed by atoms with Gasteiger partial charge in [-0.15, -0.1) is 0 Å². The third-order valence-electron chi connectivity index (χ3n) is 9.89. The monoisotopic (exact) mass is 727 g/mol. The Labute approximate surface area is 309 Å². The minimum absolute atomic E-state index is 0.177. The van der Waals surface area contributed by atoms with Crippen LogP contribution in [0.2, 0.25) is 0 Å². The van der Waals surface area contributed by atoms with E-state index in [9.17, 15) is 29.1 Å². The van der Waals surface area contributed by atoms with Gasteiger partial charge in [-0.25, -0.2) is 0 Å². The van der Waals surface area contributed by atoms with Crippen LogP contribution in [0.3, 0.4) is 0 Å². The molecule has 1 saturated heterocycles. The molecule has 1 saturated carbocycles. The Hall–Kier alpha value is -5.24. The topological polar surface area (TPSA) is 186 Å². The van der Waals surface area contributed by atoms with Crippen molar-refractivity contribution in [3.05, 3.63) is 83.2 Å². The van der Waals surface area contributed by atoms with E-state index in [2.05, 4.69) is 40.0 Å². The molecule has 0 spiro atoms. The smallest absolute Gasteiger partial charge is 0.274 e. The van der Waals surface area contributed by atoms with Crippen molar-refractivity contribution in [2.45, 2.75) is 76.6 Å². The first-order valence-electron chi connectivity index (χ1n) is 18.4. The summed E-state index contributed by atoms with van der Waals surface area (Å²) in [6.45, 7) is 5.49. The summed E-state index contributed by atoms with van der Waals surface area (Å²) >= 11 is 0. The maximum absolute atomic E-state index is 14.3. The molecule has 5 atom stereocenters. The number of hydrogen-bond donors (Lipinski definition) is 5. The van der Waals surface area contributed by atoms with E-state index >= 15 is 0 Å². The number of rotatable bonds is 8. The van der Waals surface area contributed by atoms with Crippen LogP contribution in [0.15, 0.2) is 60.7 Å². The number of likely N-dealkylation sites (tertiary alicyclic amines) is 1. The molecular weight excluding hydrogens is 678 g/mol. The Morgan fingerprint density at radius 2 is 1.72 bits per heavy atom. The molecule has 282 valence electrons. The third kappa shape index (κ3) is 9.80. The summed E-state index contributed by atoms with van der Waals surface area (Å²) in [6, 6.07) is 15.3. The molecule has 3 aliphatic rings. The van der Waals surface area contributed by atoms with Gasteiger partial charge in [0.15, 0.2) is 6.61 Å². The average Bonchev–Trinajstić information content (AvgIpc) is 3.66. The van der Waals surface area contributed by atoms with E-state index in [0.29, 0.717) is 11.7 Å². The van der Waals surface area contributed by atoms with Crippen molar-refractivity contribution in [3.63, 3.8) is 0 Å². The zero-order valence-electron chi connectivity index (χ0n) is 30.4. The molecule has 3 aromatic rings. The van der Waals surface area contributed by atoms with Crippen LogP contribution < -0.4 is 20.7 Å². The van der Waals surface area contributed by atoms with Crippen LogP contribution in [-0.2, 0) is 32.0 Å². The van der Waals surface area contributed by atoms with Gasteiger partial charge in [-0.2, -0.15) is 5.10 Å². The fourth-order valence-electron chi connectivity index (χ4n) is 7.02. The molecule has 2 aromatic carbocycles. The molecule has 2 aliphatic heterocycles. The molecule has 0 unspecified atom stereocenters. The molecule has 5 amide bonds. The number of carbonyl (C=O) groups is 5. The van der Waals surface area contributed by atoms with E-state index in [4.69, 9.17) is 4.74 Å². The Morgan fingerprint density at radius 3 is 2.43 bits per heavy atom. The molecule has 3 heterocycles. The van der Waals surface area contributed by atoms with Crippen LogP contribution in [0.4, 0.5) is 0 Å². The number of carbonyl (C=O) groups excluding carboxylic acids is 5. The first-order valence-corrected chi connectivity index (χ1v) is 18.4. The molecule has 2 fully saturated rings. The number of aliphatic hydroxyl groups excluding tert-OH is 1. The van der Waals surface area contributed by atoms with Crippen molar-refractivity contribution in [2.75, 3.05) is 32.8 Å². The Kier molecular flexibility index (Phi) is 11.8. The highest BCUT2D eigenvalue weighted by molar-refractivity contribution is 5.94. The van der Waals surface area contributed by atoms with Gasteiger partial charge in [0.05, 0.1) is 18.7 Å². The zero-order chi connectivity index (χ0) is 37.6. The molecule has 6 rings (SSSR count). The molecule has 1 aliphatic carbocycles. The van der Waals surface area contributed by atoms with Gasteiger partial charge < -0.3 is 35.6 Å². The first-order chi connectivity index (χ1) is 25.4. The molecule has 0 radical (unpaired) electrons. The van der Waals surface area contributed by atoms with Gasteiger partial charge in [0.25, 0.3) is 11.8 Å². The molecule has 14 nitrogen and oxygen atoms in total. The van der Waals surface area contributed by atoms with Crippen molar-refractivity contribution in [1.82, 2.24) is 35.9 Å². The number of aromatic nitrogens is 2. The predicted octanol–water partition coefficient (Wildman–Crippen LogP) is 1.56. The van der Waals surface area contributed by atoms with Crippen LogP contribution in [-0.4, -0.2) is 112 Å². The zero-order valence-corrected chi connectivity index (χ0v) is 30.4. The summed E-state index contributed by atoms with van der Waals surface area (Å²) in [6.07, 6.45) is 1.45. The van der Waals surface area contributed by atoms with E-state index in [-0.39, 0.29) is 56.0 Å². The number of amides is 5. The minimum atomic E-state index is -1.31. The molecule has 2 bridgehead atoms. The summed E-state index contributed by atoms with van der Waals surface area (Å²) in [5, 5.41) is 26.4. The molecular formula is C39H49N7O7. The fourth-order valence-corrected chi connectivity index (χ4v) is 7.02. The number of nitrogens with zero attached hydrogens (tertiary/aromatic N) is 3. The van der Waals surface area contributed by atoms with Crippen molar-refractivity contribution in [2.24, 2.45) is 11.8 Å². The number of ether oxygens (including phenoxy) is 1. The Bertz CT molecular complexity index is 1790. The van der Waals surface area contributed by atoms with Gasteiger partial charge in [0, 0.05) is 37.7 Å². The van der Waals surface area contributed by atoms with Crippen LogP contribution >= 0.6 is 0 Å². The quantitative estimate of drug-likeness (QED) is 0.231. The van der Waals surface area contributed by atoms with Gasteiger partial charge in [0.2, 0.25) is 17.7 Å². The second kappa shape index (κ2) is 16.6. The molecule has 1 aromatic heterocycles. The summed E-state index contributed by atoms with van der Waals surface area (Å²) in [4.78, 5) is 71.6. The van der Waals surface area contributed by atoms with Gasteiger partial charge in [-0.3, -0.25) is 29.1 Å². The van der Waals surface area contributed by atoms with E-state index in [0.717, 1.165) is 36.1 Å². The van der Waals surface area contributed by atoms with Gasteiger partial charge >= 0.3 is 0 Å². The largest absolute Gasteiger partial charge is 0.484 e. The van der Waals surface area contributed by atoms with Gasteiger partial charge in [-0.1, -0.05) is 56.3 Å². The standard InChI is InChI=1S/C39H49N7O7/c1-23(2)14-28-17-32(44-43-28)38(51)46-19-30-27-10-7-11-29(16-27)53-22-35(49)42-36(24(3)47)39(52)45(18-26-12-13-26)21-34(48)40-31(37(50)41-33(30)20-46)15-25-8-5-4-6-9-25/h4-11,16-17,23-24,26,30-31,33,36,47H,12-15,18-22H2,1-3H3,(H,40,48)(H,41,50)(H,42,49)(H,43,44)/t24-,30-,31+,33+,36+/m1/s1. The number of aliphatic hydroxyl groups is 1. The van der Waals surface area contributed by atoms with E-state index < -0.39 is 54.5 Å². The van der Waals surface area contributed by atoms with E-state index in [1.165, 1.54) is 11.8 Å². The third-order valence-corrected chi connectivity index (χ3v) is 9.89. The lowest BCUT2D eigenvalue weighted by atomic mass is 9.93. The van der Waals surface area contributed by atoms with Crippen molar-refractivity contribution in [1.29, 1.82) is 0 Å². The molecule has 14 heteroatoms. The normalized spacial score (nSPS) is 23.6. The molecule has 53 heavy (non-hydrogen) atoms. The van der Waals surface area contributed by atoms with E-state index in [1.807, 2.05) is 36.4 Å². The van der Waals surface area contributed by atoms with Crippen molar-refractivity contribution >= 4 is 29.5 Å². The highest BCUT2D eigenvalue weighted by Gasteiger charge is 2.40. The number of hydrogen-bond acceptors (Lipinski definition) is 8. The number of nitrogens with one attached hydrogen (secondary N) is 4. The second-order valence-electron chi connectivity index (χ2n) is 14.9. The highest BCUT2D eigenvalue weighted by atomic mass is 16.5. The molecule has 5 N–H and O–H groups in total. The predicted molar refractivity (Wildman–Crippen MR) is 195 cm³/mol. The summed E-state index contributed by atoms with van der Waals surface area (Å²) in [5.74, 6) is -1.91. The van der Waals surface area contributed by atoms with Gasteiger partial charge in [-0.05, 0) is 67.3 Å². The number of fused-ring (bicyclic) bond motifs is 4. The SMILES string of the molecule is CC(C)Cc1cc(C(=O)N2C[C@@H]3NC(=O)[C@H](Cc4ccccc4)NC(=O)CN(CC4CC4)C(=O)[C@H]([C@@H](C)O)NC(=O)COc4cccc(c4)[C@H]3C2)n[nH]1. The summed E-state index contributed by atoms with van der Waals surface area (Å²) in [5.41, 5.74) is 2.73. The second-order valence-corrected chi connectivity index (χ2v) is 14.9. The maximum Gasteiger partial charge on any atom is 0.274 e. The number of aromatic amines is 1. The summed E-state index contributed by atoms with van der Waals surface area (Å²) < 4.78 is 5.85. The summed E-state index contributed by atoms with van der Waals surface area (Å²) in [7, 11) is 0. The number of H-pyrrole nitrogens is 1. The lowest BCUT2D eigenvalue weighted by molar-refractivity contribution is -0.143. The lowest BCUT2D eigenvalue weighted by Crippen LogP contribution is -2.58. The van der Waals surface area contributed by atoms with Crippen LogP contribution in [0, 0.1) is 11.8 Å². The number of benzene rings is 2. The fraction of sp³-hybridized carbons (Fsp3) is 0.487.